The smallest absolute Gasteiger partial charge is 0.239 e. The van der Waals surface area contributed by atoms with E-state index in [1.165, 1.54) is 11.3 Å². The highest BCUT2D eigenvalue weighted by Gasteiger charge is 2.27. The van der Waals surface area contributed by atoms with Crippen LogP contribution in [0.25, 0.3) is 0 Å². The second-order valence-corrected chi connectivity index (χ2v) is 6.13. The first-order valence-corrected chi connectivity index (χ1v) is 7.33. The molecule has 1 N–H and O–H groups in total. The Morgan fingerprint density at radius 2 is 2.37 bits per heavy atom. The summed E-state index contributed by atoms with van der Waals surface area (Å²) in [5.74, 6) is 0.841. The van der Waals surface area contributed by atoms with Gasteiger partial charge in [-0.1, -0.05) is 6.92 Å². The largest absolute Gasteiger partial charge is 0.339 e. The molecule has 19 heavy (non-hydrogen) atoms. The van der Waals surface area contributed by atoms with E-state index in [0.29, 0.717) is 12.5 Å². The minimum absolute atomic E-state index is 0. The maximum absolute atomic E-state index is 12.3. The van der Waals surface area contributed by atoms with Gasteiger partial charge < -0.3 is 10.2 Å². The number of thiazole rings is 1. The van der Waals surface area contributed by atoms with E-state index in [4.69, 9.17) is 0 Å². The van der Waals surface area contributed by atoms with Gasteiger partial charge >= 0.3 is 0 Å². The Hall–Kier alpha value is -0.650. The number of likely N-dealkylation sites (N-methyl/N-ethyl adjacent to an activating group) is 1. The van der Waals surface area contributed by atoms with Crippen LogP contribution in [-0.4, -0.2) is 35.4 Å². The van der Waals surface area contributed by atoms with E-state index in [-0.39, 0.29) is 24.4 Å². The number of rotatable bonds is 3. The number of aromatic nitrogens is 1. The van der Waals surface area contributed by atoms with Crippen molar-refractivity contribution < 1.29 is 4.79 Å². The van der Waals surface area contributed by atoms with Crippen LogP contribution in [0.1, 0.15) is 30.3 Å². The molecule has 1 aromatic heterocycles. The van der Waals surface area contributed by atoms with Crippen molar-refractivity contribution in [3.8, 4) is 0 Å². The van der Waals surface area contributed by atoms with Crippen LogP contribution in [0.3, 0.4) is 0 Å². The molecule has 1 aliphatic rings. The lowest BCUT2D eigenvalue weighted by Crippen LogP contribution is -2.48. The Morgan fingerprint density at radius 3 is 2.95 bits per heavy atom. The van der Waals surface area contributed by atoms with Crippen LogP contribution in [0.15, 0.2) is 5.51 Å². The van der Waals surface area contributed by atoms with Crippen molar-refractivity contribution in [1.29, 1.82) is 0 Å². The van der Waals surface area contributed by atoms with Gasteiger partial charge in [0.05, 0.1) is 23.8 Å². The van der Waals surface area contributed by atoms with E-state index in [1.807, 2.05) is 24.4 Å². The summed E-state index contributed by atoms with van der Waals surface area (Å²) >= 11 is 1.62. The third kappa shape index (κ3) is 4.16. The number of amides is 1. The summed E-state index contributed by atoms with van der Waals surface area (Å²) < 4.78 is 0. The molecular formula is C13H22ClN3OS. The van der Waals surface area contributed by atoms with Gasteiger partial charge in [-0.15, -0.1) is 23.7 Å². The molecule has 6 heteroatoms. The van der Waals surface area contributed by atoms with E-state index >= 15 is 0 Å². The number of carbonyl (C=O) groups excluding carboxylic acids is 1. The highest BCUT2D eigenvalue weighted by Crippen LogP contribution is 2.19. The molecule has 0 saturated carbocycles. The molecule has 1 fully saturated rings. The van der Waals surface area contributed by atoms with Crippen molar-refractivity contribution in [2.45, 2.75) is 39.3 Å². The van der Waals surface area contributed by atoms with Crippen molar-refractivity contribution >= 4 is 29.7 Å². The van der Waals surface area contributed by atoms with Crippen LogP contribution in [0.2, 0.25) is 0 Å². The van der Waals surface area contributed by atoms with Gasteiger partial charge in [-0.25, -0.2) is 4.98 Å². The third-order valence-electron chi connectivity index (χ3n) is 3.57. The molecule has 2 atom stereocenters. The van der Waals surface area contributed by atoms with Gasteiger partial charge in [0.1, 0.15) is 0 Å². The van der Waals surface area contributed by atoms with E-state index in [9.17, 15) is 4.79 Å². The molecule has 2 unspecified atom stereocenters. The fourth-order valence-corrected chi connectivity index (χ4v) is 3.16. The van der Waals surface area contributed by atoms with Crippen molar-refractivity contribution in [3.63, 3.8) is 0 Å². The average molecular weight is 304 g/mol. The molecule has 0 bridgehead atoms. The zero-order valence-corrected chi connectivity index (χ0v) is 13.3. The Balaban J connectivity index is 0.00000180. The molecule has 1 amide bonds. The summed E-state index contributed by atoms with van der Waals surface area (Å²) in [7, 11) is 1.88. The topological polar surface area (TPSA) is 45.2 Å². The second kappa shape index (κ2) is 7.22. The second-order valence-electron chi connectivity index (χ2n) is 5.19. The molecule has 0 aliphatic carbocycles. The minimum Gasteiger partial charge on any atom is -0.339 e. The van der Waals surface area contributed by atoms with Gasteiger partial charge in [-0.3, -0.25) is 4.79 Å². The van der Waals surface area contributed by atoms with Crippen LogP contribution in [0.4, 0.5) is 0 Å². The molecule has 1 aromatic rings. The number of nitrogens with zero attached hydrogens (tertiary/aromatic N) is 2. The highest BCUT2D eigenvalue weighted by molar-refractivity contribution is 7.09. The number of nitrogens with one attached hydrogen (secondary N) is 1. The summed E-state index contributed by atoms with van der Waals surface area (Å²) in [6.45, 7) is 5.83. The lowest BCUT2D eigenvalue weighted by Gasteiger charge is -2.30. The first-order chi connectivity index (χ1) is 8.58. The average Bonchev–Trinajstić information content (AvgIpc) is 2.74. The van der Waals surface area contributed by atoms with Gasteiger partial charge in [0, 0.05) is 11.9 Å². The highest BCUT2D eigenvalue weighted by atomic mass is 35.5. The van der Waals surface area contributed by atoms with Crippen molar-refractivity contribution in [2.24, 2.45) is 5.92 Å². The Bertz CT molecular complexity index is 424. The Labute approximate surface area is 125 Å². The summed E-state index contributed by atoms with van der Waals surface area (Å²) in [6, 6.07) is -0.00743. The standard InChI is InChI=1S/C13H21N3OS.ClH/c1-9-4-5-14-11(6-9)13(17)16(3)7-12-10(2)15-8-18-12;/h8-9,11,14H,4-7H2,1-3H3;1H. The summed E-state index contributed by atoms with van der Waals surface area (Å²) in [4.78, 5) is 19.5. The fraction of sp³-hybridized carbons (Fsp3) is 0.692. The zero-order valence-electron chi connectivity index (χ0n) is 11.7. The maximum Gasteiger partial charge on any atom is 0.239 e. The predicted molar refractivity (Wildman–Crippen MR) is 80.8 cm³/mol. The number of carbonyl (C=O) groups is 1. The molecule has 4 nitrogen and oxygen atoms in total. The molecule has 0 spiro atoms. The number of halogens is 1. The number of aryl methyl sites for hydroxylation is 1. The van der Waals surface area contributed by atoms with Crippen LogP contribution in [-0.2, 0) is 11.3 Å². The third-order valence-corrected chi connectivity index (χ3v) is 4.49. The van der Waals surface area contributed by atoms with Gasteiger partial charge in [-0.05, 0) is 32.2 Å². The minimum atomic E-state index is -0.00743. The molecule has 1 saturated heterocycles. The Morgan fingerprint density at radius 1 is 1.63 bits per heavy atom. The van der Waals surface area contributed by atoms with E-state index in [1.54, 1.807) is 11.3 Å². The molecule has 0 radical (unpaired) electrons. The first-order valence-electron chi connectivity index (χ1n) is 6.45. The lowest BCUT2D eigenvalue weighted by atomic mass is 9.93. The van der Waals surface area contributed by atoms with E-state index in [2.05, 4.69) is 17.2 Å². The van der Waals surface area contributed by atoms with Crippen LogP contribution in [0, 0.1) is 12.8 Å². The summed E-state index contributed by atoms with van der Waals surface area (Å²) in [5.41, 5.74) is 2.87. The number of hydrogen-bond acceptors (Lipinski definition) is 4. The lowest BCUT2D eigenvalue weighted by molar-refractivity contribution is -0.133. The predicted octanol–water partition coefficient (Wildman–Crippen LogP) is 2.22. The van der Waals surface area contributed by atoms with Crippen LogP contribution < -0.4 is 5.32 Å². The molecule has 1 aliphatic heterocycles. The zero-order chi connectivity index (χ0) is 13.1. The summed E-state index contributed by atoms with van der Waals surface area (Å²) in [6.07, 6.45) is 2.12. The summed E-state index contributed by atoms with van der Waals surface area (Å²) in [5, 5.41) is 3.32. The normalized spacial score (nSPS) is 22.7. The molecule has 2 rings (SSSR count). The van der Waals surface area contributed by atoms with Crippen molar-refractivity contribution in [1.82, 2.24) is 15.2 Å². The van der Waals surface area contributed by atoms with Crippen LogP contribution in [0.5, 0.6) is 0 Å². The monoisotopic (exact) mass is 303 g/mol. The molecule has 2 heterocycles. The van der Waals surface area contributed by atoms with E-state index in [0.717, 1.165) is 18.7 Å². The van der Waals surface area contributed by atoms with Gasteiger partial charge in [0.25, 0.3) is 0 Å². The SMILES string of the molecule is Cc1ncsc1CN(C)C(=O)C1CC(C)CCN1.Cl. The fourth-order valence-electron chi connectivity index (χ4n) is 2.33. The van der Waals surface area contributed by atoms with Crippen LogP contribution >= 0.6 is 23.7 Å². The van der Waals surface area contributed by atoms with Crippen molar-refractivity contribution in [3.05, 3.63) is 16.1 Å². The molecule has 0 aromatic carbocycles. The maximum atomic E-state index is 12.3. The Kier molecular flexibility index (Phi) is 6.23. The first kappa shape index (κ1) is 16.4. The van der Waals surface area contributed by atoms with E-state index < -0.39 is 0 Å². The molecular weight excluding hydrogens is 282 g/mol. The van der Waals surface area contributed by atoms with Gasteiger partial charge in [0.15, 0.2) is 0 Å². The van der Waals surface area contributed by atoms with Gasteiger partial charge in [-0.2, -0.15) is 0 Å². The number of hydrogen-bond donors (Lipinski definition) is 1. The quantitative estimate of drug-likeness (QED) is 0.931. The van der Waals surface area contributed by atoms with Gasteiger partial charge in [0.2, 0.25) is 5.91 Å². The number of piperidine rings is 1. The van der Waals surface area contributed by atoms with Crippen molar-refractivity contribution in [2.75, 3.05) is 13.6 Å². The molecule has 108 valence electrons.